The van der Waals surface area contributed by atoms with Gasteiger partial charge in [0.25, 0.3) is 0 Å². The molecule has 9 heteroatoms. The van der Waals surface area contributed by atoms with Gasteiger partial charge in [-0.1, -0.05) is 119 Å². The Labute approximate surface area is 411 Å². The van der Waals surface area contributed by atoms with Crippen molar-refractivity contribution in [1.29, 1.82) is 0 Å². The summed E-state index contributed by atoms with van der Waals surface area (Å²) in [5.41, 5.74) is 27.6. The lowest BCUT2D eigenvalue weighted by atomic mass is 9.34. The number of hydrogen-bond acceptors (Lipinski definition) is 7. The summed E-state index contributed by atoms with van der Waals surface area (Å²) in [5.74, 6) is 0. The van der Waals surface area contributed by atoms with Crippen LogP contribution in [0.2, 0.25) is 0 Å². The number of benzene rings is 8. The molecular weight excluding hydrogens is 878 g/mol. The Kier molecular flexibility index (Phi) is 7.86. The van der Waals surface area contributed by atoms with Gasteiger partial charge < -0.3 is 24.0 Å². The third-order valence-corrected chi connectivity index (χ3v) is 19.4. The third-order valence-electron chi connectivity index (χ3n) is 17.1. The highest BCUT2D eigenvalue weighted by molar-refractivity contribution is 8.00. The molecule has 0 amide bonds. The number of rotatable bonds is 2. The van der Waals surface area contributed by atoms with Crippen LogP contribution < -0.4 is 52.4 Å². The van der Waals surface area contributed by atoms with Gasteiger partial charge in [-0.25, -0.2) is 0 Å². The minimum atomic E-state index is 0.149. The highest BCUT2D eigenvalue weighted by Gasteiger charge is 2.45. The molecule has 0 spiro atoms. The molecular formula is C60H46B2N4OS2. The quantitative estimate of drug-likeness (QED) is 0.159. The fraction of sp³-hybridized carbons (Fsp3) is 0.200. The number of furan rings is 1. The normalized spacial score (nSPS) is 17.4. The van der Waals surface area contributed by atoms with Crippen LogP contribution >= 0.6 is 23.5 Å². The molecule has 330 valence electrons. The van der Waals surface area contributed by atoms with E-state index in [-0.39, 0.29) is 13.4 Å². The predicted molar refractivity (Wildman–Crippen MR) is 291 cm³/mol. The lowest BCUT2D eigenvalue weighted by molar-refractivity contribution is 0.667. The summed E-state index contributed by atoms with van der Waals surface area (Å²) in [6.07, 6.45) is 9.22. The maximum atomic E-state index is 7.09. The molecule has 0 unspecified atom stereocenters. The first-order valence-electron chi connectivity index (χ1n) is 25.4. The van der Waals surface area contributed by atoms with Gasteiger partial charge in [0, 0.05) is 102 Å². The molecule has 17 rings (SSSR count). The molecule has 0 radical (unpaired) electrons. The van der Waals surface area contributed by atoms with E-state index in [0.717, 1.165) is 63.0 Å². The van der Waals surface area contributed by atoms with Crippen molar-refractivity contribution in [2.45, 2.75) is 70.9 Å². The SMILES string of the molecule is c1ccc2c(c1)CCCN2c1cc2c3c(c1)N1CCCc4cccc(c41)B3c1cc3c(cc1S2)oc1cc2c(cc13)B1c3cccc4c3N(CCC4)c3cc(N4CCCc5ccccc54)cc(c31)S2. The molecule has 5 nitrogen and oxygen atoms in total. The van der Waals surface area contributed by atoms with Crippen LogP contribution in [-0.4, -0.2) is 39.6 Å². The first-order valence-corrected chi connectivity index (χ1v) is 27.1. The summed E-state index contributed by atoms with van der Waals surface area (Å²) in [7, 11) is 0. The van der Waals surface area contributed by atoms with Crippen LogP contribution in [0, 0.1) is 0 Å². The number of fused-ring (bicyclic) bond motifs is 13. The lowest BCUT2D eigenvalue weighted by Gasteiger charge is -2.44. The molecule has 69 heavy (non-hydrogen) atoms. The van der Waals surface area contributed by atoms with Crippen molar-refractivity contribution in [1.82, 2.24) is 0 Å². The van der Waals surface area contributed by atoms with Gasteiger partial charge >= 0.3 is 0 Å². The van der Waals surface area contributed by atoms with Gasteiger partial charge in [-0.2, -0.15) is 0 Å². The van der Waals surface area contributed by atoms with Crippen LogP contribution in [0.5, 0.6) is 0 Å². The molecule has 0 saturated heterocycles. The van der Waals surface area contributed by atoms with Gasteiger partial charge in [-0.05, 0) is 144 Å². The summed E-state index contributed by atoms with van der Waals surface area (Å²) < 4.78 is 7.09. The van der Waals surface area contributed by atoms with Crippen LogP contribution in [-0.2, 0) is 25.7 Å². The zero-order valence-corrected chi connectivity index (χ0v) is 40.0. The van der Waals surface area contributed by atoms with Crippen molar-refractivity contribution in [2.75, 3.05) is 45.8 Å². The number of anilines is 8. The fourth-order valence-corrected chi connectivity index (χ4v) is 16.7. The molecule has 0 saturated carbocycles. The van der Waals surface area contributed by atoms with Crippen molar-refractivity contribution in [3.8, 4) is 0 Å². The number of hydrogen-bond donors (Lipinski definition) is 0. The molecule has 9 aromatic rings. The molecule has 0 atom stereocenters. The molecule has 1 aromatic heterocycles. The Morgan fingerprint density at radius 2 is 0.812 bits per heavy atom. The summed E-state index contributed by atoms with van der Waals surface area (Å²) in [5, 5.41) is 2.46. The van der Waals surface area contributed by atoms with Gasteiger partial charge in [0.2, 0.25) is 13.4 Å². The van der Waals surface area contributed by atoms with Gasteiger partial charge in [0.15, 0.2) is 0 Å². The highest BCUT2D eigenvalue weighted by Crippen LogP contribution is 2.49. The van der Waals surface area contributed by atoms with Crippen molar-refractivity contribution in [3.05, 3.63) is 156 Å². The number of nitrogens with zero attached hydrogens (tertiary/aromatic N) is 4. The predicted octanol–water partition coefficient (Wildman–Crippen LogP) is 10.5. The molecule has 0 aliphatic carbocycles. The summed E-state index contributed by atoms with van der Waals surface area (Å²) >= 11 is 3.92. The first-order chi connectivity index (χ1) is 34.2. The second kappa shape index (κ2) is 14.1. The van der Waals surface area contributed by atoms with E-state index in [1.165, 1.54) is 157 Å². The van der Waals surface area contributed by atoms with Gasteiger partial charge in [0.1, 0.15) is 11.2 Å². The Bertz CT molecular complexity index is 3550. The maximum absolute atomic E-state index is 7.09. The molecule has 8 aliphatic heterocycles. The molecule has 8 aromatic carbocycles. The zero-order valence-electron chi connectivity index (χ0n) is 38.4. The van der Waals surface area contributed by atoms with Crippen LogP contribution in [0.15, 0.2) is 157 Å². The standard InChI is InChI=1S/C60H46B2N4OS2/c1-3-21-47-35(11-1)15-7-23-63(47)39-27-49-57-55(29-39)68-53-33-51-41(31-45(53)61(57)43-19-5-13-37-17-9-25-65(49)59(37)43)42-32-46-54(34-52(42)67-51)69-56-30-40(64-24-8-16-36-12-2-4-22-48(36)64)28-50-58(56)62(46)44-20-6-14-38-18-10-26-66(50)60(38)44/h1-6,11-14,19-22,27-34H,7-10,15-18,23-26H2. The van der Waals surface area contributed by atoms with Crippen molar-refractivity contribution >= 4 is 137 Å². The lowest BCUT2D eigenvalue weighted by Crippen LogP contribution is -2.61. The van der Waals surface area contributed by atoms with E-state index in [2.05, 4.69) is 153 Å². The largest absolute Gasteiger partial charge is 0.456 e. The Morgan fingerprint density at radius 1 is 0.377 bits per heavy atom. The first kappa shape index (κ1) is 38.4. The Balaban J connectivity index is 0.854. The fourth-order valence-electron chi connectivity index (χ4n) is 14.3. The monoisotopic (exact) mass is 924 g/mol. The zero-order chi connectivity index (χ0) is 44.6. The van der Waals surface area contributed by atoms with Crippen LogP contribution in [0.3, 0.4) is 0 Å². The Morgan fingerprint density at radius 3 is 1.30 bits per heavy atom. The minimum Gasteiger partial charge on any atom is -0.456 e. The van der Waals surface area contributed by atoms with E-state index in [0.29, 0.717) is 0 Å². The molecule has 0 bridgehead atoms. The maximum Gasteiger partial charge on any atom is 0.249 e. The summed E-state index contributed by atoms with van der Waals surface area (Å²) in [6.45, 7) is 4.48. The second-order valence-corrected chi connectivity index (χ2v) is 22.9. The van der Waals surface area contributed by atoms with Crippen LogP contribution in [0.1, 0.15) is 47.9 Å². The average Bonchev–Trinajstić information content (AvgIpc) is 3.74. The summed E-state index contributed by atoms with van der Waals surface area (Å²) in [6, 6.07) is 52.5. The molecule has 9 heterocycles. The van der Waals surface area contributed by atoms with Gasteiger partial charge in [-0.15, -0.1) is 0 Å². The van der Waals surface area contributed by atoms with Crippen molar-refractivity contribution in [2.24, 2.45) is 0 Å². The van der Waals surface area contributed by atoms with Crippen LogP contribution in [0.4, 0.5) is 45.5 Å². The van der Waals surface area contributed by atoms with E-state index in [1.54, 1.807) is 0 Å². The number of para-hydroxylation sites is 4. The molecule has 0 N–H and O–H groups in total. The van der Waals surface area contributed by atoms with Crippen molar-refractivity contribution in [3.63, 3.8) is 0 Å². The third kappa shape index (κ3) is 5.28. The topological polar surface area (TPSA) is 26.1 Å². The van der Waals surface area contributed by atoms with E-state index in [1.807, 2.05) is 23.5 Å². The van der Waals surface area contributed by atoms with Crippen LogP contribution in [0.25, 0.3) is 21.9 Å². The highest BCUT2D eigenvalue weighted by atomic mass is 32.2. The van der Waals surface area contributed by atoms with E-state index in [4.69, 9.17) is 4.42 Å². The van der Waals surface area contributed by atoms with Crippen molar-refractivity contribution < 1.29 is 4.42 Å². The Hall–Kier alpha value is -6.41. The minimum absolute atomic E-state index is 0.149. The molecule has 0 fully saturated rings. The van der Waals surface area contributed by atoms with E-state index < -0.39 is 0 Å². The van der Waals surface area contributed by atoms with Gasteiger partial charge in [-0.3, -0.25) is 0 Å². The van der Waals surface area contributed by atoms with Gasteiger partial charge in [0.05, 0.1) is 0 Å². The smallest absolute Gasteiger partial charge is 0.249 e. The summed E-state index contributed by atoms with van der Waals surface area (Å²) in [4.78, 5) is 16.0. The average molecular weight is 925 g/mol. The van der Waals surface area contributed by atoms with E-state index >= 15 is 0 Å². The number of aryl methyl sites for hydroxylation is 4. The van der Waals surface area contributed by atoms with E-state index in [9.17, 15) is 0 Å². The molecule has 8 aliphatic rings. The second-order valence-electron chi connectivity index (χ2n) is 20.7.